The number of esters is 4. The lowest BCUT2D eigenvalue weighted by atomic mass is 9.55. The molecule has 0 amide bonds. The number of allylic oxidation sites excluding steroid dienone is 2. The van der Waals surface area contributed by atoms with Gasteiger partial charge in [-0.1, -0.05) is 39.0 Å². The molecule has 1 aromatic rings. The molecule has 0 radical (unpaired) electrons. The molecule has 1 saturated heterocycles. The molecule has 0 aromatic carbocycles. The summed E-state index contributed by atoms with van der Waals surface area (Å²) < 4.78 is 31.3. The number of aromatic nitrogens is 1. The Bertz CT molecular complexity index is 1460. The van der Waals surface area contributed by atoms with Gasteiger partial charge >= 0.3 is 23.9 Å². The second-order valence-electron chi connectivity index (χ2n) is 13.3. The second kappa shape index (κ2) is 12.4. The third-order valence-corrected chi connectivity index (χ3v) is 10.2. The highest BCUT2D eigenvalue weighted by atomic mass is 16.6. The standard InChI is InChI=1S/C35H43NO10/c1-8-11-26(39)44-28-20(5)16-35(46-21(6)37)27(28)30(45-25(38)9-2)34-18-42-33(7,32(35)41)29(34)23(19(3)4)13-14-24(34)43-31(40)22-12-10-15-36-17-22/h10,12-15,17,20,23-24,27-30H,3,8-9,11,16,18H2,1-2,4-7H3. The highest BCUT2D eigenvalue weighted by Crippen LogP contribution is 2.67. The van der Waals surface area contributed by atoms with Crippen LogP contribution in [0.4, 0.5) is 0 Å². The van der Waals surface area contributed by atoms with Crippen molar-refractivity contribution in [1.29, 1.82) is 0 Å². The van der Waals surface area contributed by atoms with E-state index in [2.05, 4.69) is 11.6 Å². The molecule has 2 bridgehead atoms. The molecule has 46 heavy (non-hydrogen) atoms. The van der Waals surface area contributed by atoms with Crippen LogP contribution in [-0.4, -0.2) is 70.8 Å². The number of Topliss-reactive ketones (excluding diaryl/α,β-unsaturated/α-hetero) is 1. The maximum absolute atomic E-state index is 15.2. The third-order valence-electron chi connectivity index (χ3n) is 10.2. The van der Waals surface area contributed by atoms with E-state index < -0.39 is 88.3 Å². The molecular weight excluding hydrogens is 594 g/mol. The Hall–Kier alpha value is -3.86. The fourth-order valence-corrected chi connectivity index (χ4v) is 8.50. The van der Waals surface area contributed by atoms with Gasteiger partial charge in [0, 0.05) is 50.4 Å². The van der Waals surface area contributed by atoms with Gasteiger partial charge in [-0.2, -0.15) is 0 Å². The van der Waals surface area contributed by atoms with Crippen molar-refractivity contribution in [2.45, 2.75) is 96.7 Å². The fourth-order valence-electron chi connectivity index (χ4n) is 8.50. The van der Waals surface area contributed by atoms with E-state index in [1.807, 2.05) is 26.8 Å². The van der Waals surface area contributed by atoms with Gasteiger partial charge < -0.3 is 23.7 Å². The van der Waals surface area contributed by atoms with E-state index >= 15 is 4.79 Å². The van der Waals surface area contributed by atoms with Crippen LogP contribution in [0, 0.1) is 29.1 Å². The van der Waals surface area contributed by atoms with Crippen LogP contribution in [0.3, 0.4) is 0 Å². The first-order valence-corrected chi connectivity index (χ1v) is 16.0. The molecule has 11 nitrogen and oxygen atoms in total. The van der Waals surface area contributed by atoms with Crippen molar-refractivity contribution in [3.05, 3.63) is 54.4 Å². The zero-order valence-corrected chi connectivity index (χ0v) is 27.3. The topological polar surface area (TPSA) is 144 Å². The number of ketones is 1. The molecule has 3 fully saturated rings. The van der Waals surface area contributed by atoms with Gasteiger partial charge in [0.1, 0.15) is 23.9 Å². The van der Waals surface area contributed by atoms with Gasteiger partial charge in [0.2, 0.25) is 5.78 Å². The van der Waals surface area contributed by atoms with Crippen LogP contribution >= 0.6 is 0 Å². The van der Waals surface area contributed by atoms with Crippen molar-refractivity contribution in [3.63, 3.8) is 0 Å². The number of ether oxygens (including phenoxy) is 5. The molecule has 0 spiro atoms. The first-order chi connectivity index (χ1) is 21.8. The number of nitrogens with zero attached hydrogens (tertiary/aromatic N) is 1. The van der Waals surface area contributed by atoms with Gasteiger partial charge in [0.05, 0.1) is 23.5 Å². The Balaban J connectivity index is 1.79. The van der Waals surface area contributed by atoms with Crippen LogP contribution in [0.1, 0.15) is 77.6 Å². The Morgan fingerprint density at radius 2 is 1.83 bits per heavy atom. The van der Waals surface area contributed by atoms with Gasteiger partial charge in [-0.05, 0) is 44.4 Å². The van der Waals surface area contributed by atoms with E-state index in [-0.39, 0.29) is 31.4 Å². The first kappa shape index (κ1) is 33.5. The number of carbonyl (C=O) groups is 5. The minimum Gasteiger partial charge on any atom is -0.461 e. The zero-order chi connectivity index (χ0) is 33.6. The van der Waals surface area contributed by atoms with Crippen molar-refractivity contribution in [1.82, 2.24) is 4.98 Å². The number of carbonyl (C=O) groups excluding carboxylic acids is 5. The van der Waals surface area contributed by atoms with Crippen molar-refractivity contribution >= 4 is 29.7 Å². The molecule has 2 heterocycles. The monoisotopic (exact) mass is 637 g/mol. The number of fused-ring (bicyclic) bond motifs is 1. The molecule has 4 aliphatic rings. The SMILES string of the molecule is C=C(C)C1C=CC(OC(=O)c2cccnc2)C23COC(C)(C(=O)C4(OC(C)=O)CC(C)C(OC(=O)CCC)C4C2OC(=O)CC)C13. The average molecular weight is 638 g/mol. The Labute approximate surface area is 269 Å². The van der Waals surface area contributed by atoms with Crippen LogP contribution in [0.25, 0.3) is 0 Å². The van der Waals surface area contributed by atoms with Crippen molar-refractivity contribution < 1.29 is 47.7 Å². The normalized spacial score (nSPS) is 37.3. The molecule has 248 valence electrons. The molecule has 0 N–H and O–H groups in total. The summed E-state index contributed by atoms with van der Waals surface area (Å²) in [6.07, 6.45) is 3.85. The van der Waals surface area contributed by atoms with E-state index in [1.54, 1.807) is 32.1 Å². The number of hydrogen-bond acceptors (Lipinski definition) is 11. The quantitative estimate of drug-likeness (QED) is 0.217. The highest BCUT2D eigenvalue weighted by Gasteiger charge is 2.81. The molecule has 2 saturated carbocycles. The smallest absolute Gasteiger partial charge is 0.340 e. The molecule has 10 atom stereocenters. The van der Waals surface area contributed by atoms with Gasteiger partial charge in [-0.25, -0.2) is 4.79 Å². The summed E-state index contributed by atoms with van der Waals surface area (Å²) in [4.78, 5) is 72.1. The molecular formula is C35H43NO10. The van der Waals surface area contributed by atoms with Crippen molar-refractivity contribution in [3.8, 4) is 0 Å². The number of pyridine rings is 1. The maximum atomic E-state index is 15.2. The van der Waals surface area contributed by atoms with Gasteiger partial charge in [0.25, 0.3) is 0 Å². The minimum absolute atomic E-state index is 0.00732. The van der Waals surface area contributed by atoms with Crippen LogP contribution in [0.2, 0.25) is 0 Å². The highest BCUT2D eigenvalue weighted by molar-refractivity contribution is 5.98. The minimum atomic E-state index is -1.88. The summed E-state index contributed by atoms with van der Waals surface area (Å²) in [5, 5.41) is 0. The summed E-state index contributed by atoms with van der Waals surface area (Å²) >= 11 is 0. The van der Waals surface area contributed by atoms with Gasteiger partial charge in [-0.15, -0.1) is 0 Å². The summed E-state index contributed by atoms with van der Waals surface area (Å²) in [6, 6.07) is 3.18. The molecule has 1 aromatic heterocycles. The predicted molar refractivity (Wildman–Crippen MR) is 163 cm³/mol. The van der Waals surface area contributed by atoms with Crippen LogP contribution in [0.5, 0.6) is 0 Å². The Morgan fingerprint density at radius 3 is 2.43 bits per heavy atom. The fraction of sp³-hybridized carbons (Fsp3) is 0.600. The summed E-state index contributed by atoms with van der Waals surface area (Å²) in [5.74, 6) is -5.82. The van der Waals surface area contributed by atoms with E-state index in [0.29, 0.717) is 12.0 Å². The lowest BCUT2D eigenvalue weighted by Gasteiger charge is -2.51. The largest absolute Gasteiger partial charge is 0.461 e. The van der Waals surface area contributed by atoms with Crippen LogP contribution in [-0.2, 0) is 42.9 Å². The Morgan fingerprint density at radius 1 is 1.09 bits per heavy atom. The van der Waals surface area contributed by atoms with Crippen molar-refractivity contribution in [2.75, 3.05) is 6.61 Å². The second-order valence-corrected chi connectivity index (χ2v) is 13.3. The molecule has 3 aliphatic carbocycles. The lowest BCUT2D eigenvalue weighted by Crippen LogP contribution is -2.62. The van der Waals surface area contributed by atoms with Gasteiger partial charge in [-0.3, -0.25) is 24.2 Å². The third kappa shape index (κ3) is 5.16. The van der Waals surface area contributed by atoms with E-state index in [9.17, 15) is 19.2 Å². The zero-order valence-electron chi connectivity index (χ0n) is 27.3. The Kier molecular flexibility index (Phi) is 9.02. The van der Waals surface area contributed by atoms with Crippen molar-refractivity contribution in [2.24, 2.45) is 29.1 Å². The van der Waals surface area contributed by atoms with E-state index in [0.717, 1.165) is 0 Å². The van der Waals surface area contributed by atoms with E-state index in [1.165, 1.54) is 19.3 Å². The average Bonchev–Trinajstić information content (AvgIpc) is 3.46. The van der Waals surface area contributed by atoms with Crippen LogP contribution in [0.15, 0.2) is 48.8 Å². The van der Waals surface area contributed by atoms with E-state index in [4.69, 9.17) is 23.7 Å². The van der Waals surface area contributed by atoms with Crippen LogP contribution < -0.4 is 0 Å². The molecule has 5 rings (SSSR count). The first-order valence-electron chi connectivity index (χ1n) is 16.0. The molecule has 10 unspecified atom stereocenters. The number of rotatable bonds is 9. The molecule has 1 aliphatic heterocycles. The summed E-state index contributed by atoms with van der Waals surface area (Å²) in [5.41, 5.74) is -3.94. The van der Waals surface area contributed by atoms with Gasteiger partial charge in [0.15, 0.2) is 5.60 Å². The predicted octanol–water partition coefficient (Wildman–Crippen LogP) is 4.33. The summed E-state index contributed by atoms with van der Waals surface area (Å²) in [7, 11) is 0. The molecule has 11 heteroatoms. The lowest BCUT2D eigenvalue weighted by molar-refractivity contribution is -0.210. The summed E-state index contributed by atoms with van der Waals surface area (Å²) in [6.45, 7) is 14.1. The number of hydrogen-bond donors (Lipinski definition) is 0. The maximum Gasteiger partial charge on any atom is 0.340 e.